The monoisotopic (exact) mass is 384 g/mol. The normalized spacial score (nSPS) is 18.6. The second-order valence-corrected chi connectivity index (χ2v) is 7.30. The molecule has 138 valence electrons. The number of aryl methyl sites for hydroxylation is 1. The molecule has 2 unspecified atom stereocenters. The maximum Gasteiger partial charge on any atom is 0.226 e. The molecule has 2 atom stereocenters. The molecule has 0 aliphatic carbocycles. The molecule has 8 heteroatoms. The smallest absolute Gasteiger partial charge is 0.226 e. The van der Waals surface area contributed by atoms with Crippen LogP contribution < -0.4 is 5.73 Å². The fourth-order valence-corrected chi connectivity index (χ4v) is 3.86. The van der Waals surface area contributed by atoms with Crippen molar-refractivity contribution in [3.05, 3.63) is 23.4 Å². The third kappa shape index (κ3) is 5.03. The molecule has 2 aromatic rings. The van der Waals surface area contributed by atoms with E-state index in [0.717, 1.165) is 30.7 Å². The number of thiophene rings is 1. The molecule has 6 nitrogen and oxygen atoms in total. The summed E-state index contributed by atoms with van der Waals surface area (Å²) in [5.74, 6) is 1.41. The zero-order chi connectivity index (χ0) is 16.9. The Hall–Kier alpha value is -1.44. The van der Waals surface area contributed by atoms with Crippen molar-refractivity contribution in [2.24, 2.45) is 5.73 Å². The van der Waals surface area contributed by atoms with E-state index in [2.05, 4.69) is 10.1 Å². The minimum absolute atomic E-state index is 0. The van der Waals surface area contributed by atoms with Crippen LogP contribution in [0, 0.1) is 0 Å². The fraction of sp³-hybridized carbons (Fsp3) is 0.588. The number of rotatable bonds is 6. The average Bonchev–Trinajstić information content (AvgIpc) is 3.26. The molecule has 1 aliphatic heterocycles. The van der Waals surface area contributed by atoms with Crippen LogP contribution >= 0.6 is 23.7 Å². The molecule has 1 aliphatic rings. The summed E-state index contributed by atoms with van der Waals surface area (Å²) in [6, 6.07) is 4.13. The first-order valence-electron chi connectivity index (χ1n) is 8.56. The highest BCUT2D eigenvalue weighted by Crippen LogP contribution is 2.22. The van der Waals surface area contributed by atoms with Crippen LogP contribution in [0.2, 0.25) is 0 Å². The summed E-state index contributed by atoms with van der Waals surface area (Å²) in [6.45, 7) is 2.81. The van der Waals surface area contributed by atoms with E-state index < -0.39 is 0 Å². The van der Waals surface area contributed by atoms with Crippen LogP contribution in [0.25, 0.3) is 10.7 Å². The molecule has 1 fully saturated rings. The molecule has 3 heterocycles. The molecule has 25 heavy (non-hydrogen) atoms. The first kappa shape index (κ1) is 19.9. The Balaban J connectivity index is 0.00000225. The van der Waals surface area contributed by atoms with Crippen LogP contribution in [-0.2, 0) is 11.2 Å². The van der Waals surface area contributed by atoms with Crippen molar-refractivity contribution < 1.29 is 9.32 Å². The van der Waals surface area contributed by atoms with Crippen LogP contribution in [0.4, 0.5) is 0 Å². The number of nitrogens with zero attached hydrogens (tertiary/aromatic N) is 3. The van der Waals surface area contributed by atoms with E-state index in [9.17, 15) is 4.79 Å². The number of likely N-dealkylation sites (tertiary alicyclic amines) is 1. The first-order chi connectivity index (χ1) is 11.6. The van der Waals surface area contributed by atoms with E-state index in [4.69, 9.17) is 10.3 Å². The highest BCUT2D eigenvalue weighted by molar-refractivity contribution is 7.13. The molecule has 1 saturated heterocycles. The summed E-state index contributed by atoms with van der Waals surface area (Å²) >= 11 is 1.58. The van der Waals surface area contributed by atoms with E-state index >= 15 is 0 Å². The molecule has 0 saturated carbocycles. The van der Waals surface area contributed by atoms with Crippen LogP contribution in [0.5, 0.6) is 0 Å². The minimum Gasteiger partial charge on any atom is -0.339 e. The van der Waals surface area contributed by atoms with Gasteiger partial charge in [0.25, 0.3) is 0 Å². The van der Waals surface area contributed by atoms with Gasteiger partial charge >= 0.3 is 0 Å². The van der Waals surface area contributed by atoms with Gasteiger partial charge in [0, 0.05) is 31.5 Å². The Morgan fingerprint density at radius 1 is 1.52 bits per heavy atom. The Kier molecular flexibility index (Phi) is 7.40. The van der Waals surface area contributed by atoms with Crippen molar-refractivity contribution in [3.8, 4) is 10.7 Å². The molecule has 1 amide bonds. The third-order valence-electron chi connectivity index (χ3n) is 4.47. The SMILES string of the molecule is CC(N)C1CCCCN1C(=O)CCCc1nc(-c2cccs2)no1.Cl. The van der Waals surface area contributed by atoms with Gasteiger partial charge in [-0.25, -0.2) is 0 Å². The number of halogens is 1. The Labute approximate surface area is 158 Å². The maximum absolute atomic E-state index is 12.5. The molecule has 2 N–H and O–H groups in total. The molecule has 2 aromatic heterocycles. The van der Waals surface area contributed by atoms with Crippen molar-refractivity contribution in [2.45, 2.75) is 57.5 Å². The number of amides is 1. The lowest BCUT2D eigenvalue weighted by Gasteiger charge is -2.38. The minimum atomic E-state index is 0. The summed E-state index contributed by atoms with van der Waals surface area (Å²) in [7, 11) is 0. The van der Waals surface area contributed by atoms with E-state index in [-0.39, 0.29) is 30.4 Å². The number of hydrogen-bond donors (Lipinski definition) is 1. The lowest BCUT2D eigenvalue weighted by atomic mass is 9.96. The van der Waals surface area contributed by atoms with Crippen molar-refractivity contribution in [1.29, 1.82) is 0 Å². The highest BCUT2D eigenvalue weighted by atomic mass is 35.5. The summed E-state index contributed by atoms with van der Waals surface area (Å²) in [5.41, 5.74) is 6.04. The molecule has 0 bridgehead atoms. The summed E-state index contributed by atoms with van der Waals surface area (Å²) < 4.78 is 5.28. The van der Waals surface area contributed by atoms with Crippen LogP contribution in [0.3, 0.4) is 0 Å². The van der Waals surface area contributed by atoms with Crippen molar-refractivity contribution in [1.82, 2.24) is 15.0 Å². The van der Waals surface area contributed by atoms with Crippen LogP contribution in [-0.4, -0.2) is 39.6 Å². The van der Waals surface area contributed by atoms with Crippen LogP contribution in [0.15, 0.2) is 22.0 Å². The lowest BCUT2D eigenvalue weighted by Crippen LogP contribution is -2.51. The second kappa shape index (κ2) is 9.31. The van der Waals surface area contributed by atoms with Gasteiger partial charge in [0.1, 0.15) is 0 Å². The second-order valence-electron chi connectivity index (χ2n) is 6.35. The summed E-state index contributed by atoms with van der Waals surface area (Å²) in [6.07, 6.45) is 5.08. The first-order valence-corrected chi connectivity index (χ1v) is 9.44. The zero-order valence-electron chi connectivity index (χ0n) is 14.4. The number of piperidine rings is 1. The largest absolute Gasteiger partial charge is 0.339 e. The highest BCUT2D eigenvalue weighted by Gasteiger charge is 2.28. The predicted octanol–water partition coefficient (Wildman–Crippen LogP) is 3.27. The van der Waals surface area contributed by atoms with Crippen molar-refractivity contribution >= 4 is 29.7 Å². The summed E-state index contributed by atoms with van der Waals surface area (Å²) in [4.78, 5) is 19.9. The van der Waals surface area contributed by atoms with Crippen LogP contribution in [0.1, 0.15) is 44.9 Å². The van der Waals surface area contributed by atoms with Gasteiger partial charge in [-0.15, -0.1) is 23.7 Å². The quantitative estimate of drug-likeness (QED) is 0.826. The van der Waals surface area contributed by atoms with Crippen molar-refractivity contribution in [2.75, 3.05) is 6.54 Å². The van der Waals surface area contributed by atoms with Crippen molar-refractivity contribution in [3.63, 3.8) is 0 Å². The van der Waals surface area contributed by atoms with E-state index in [1.807, 2.05) is 29.3 Å². The number of carbonyl (C=O) groups excluding carboxylic acids is 1. The average molecular weight is 385 g/mol. The molecular weight excluding hydrogens is 360 g/mol. The zero-order valence-corrected chi connectivity index (χ0v) is 16.0. The molecular formula is C17H25ClN4O2S. The standard InChI is InChI=1S/C17H24N4O2S.ClH/c1-12(18)13-6-2-3-10-21(13)16(22)9-4-8-15-19-17(20-23-15)14-7-5-11-24-14;/h5,7,11-13H,2-4,6,8-10,18H2,1H3;1H. The van der Waals surface area contributed by atoms with E-state index in [0.29, 0.717) is 31.0 Å². The van der Waals surface area contributed by atoms with Gasteiger partial charge < -0.3 is 15.2 Å². The molecule has 3 rings (SSSR count). The lowest BCUT2D eigenvalue weighted by molar-refractivity contribution is -0.135. The van der Waals surface area contributed by atoms with E-state index in [1.165, 1.54) is 0 Å². The van der Waals surface area contributed by atoms with Gasteiger partial charge in [-0.2, -0.15) is 4.98 Å². The molecule has 0 radical (unpaired) electrons. The number of aromatic nitrogens is 2. The predicted molar refractivity (Wildman–Crippen MR) is 101 cm³/mol. The van der Waals surface area contributed by atoms with E-state index in [1.54, 1.807) is 11.3 Å². The summed E-state index contributed by atoms with van der Waals surface area (Å²) in [5, 5.41) is 5.98. The number of hydrogen-bond acceptors (Lipinski definition) is 6. The Morgan fingerprint density at radius 3 is 3.08 bits per heavy atom. The molecule has 0 aromatic carbocycles. The fourth-order valence-electron chi connectivity index (χ4n) is 3.21. The van der Waals surface area contributed by atoms with Gasteiger partial charge in [0.15, 0.2) is 0 Å². The van der Waals surface area contributed by atoms with Gasteiger partial charge in [0.2, 0.25) is 17.6 Å². The van der Waals surface area contributed by atoms with Gasteiger partial charge in [-0.05, 0) is 44.1 Å². The van der Waals surface area contributed by atoms with Gasteiger partial charge in [0.05, 0.1) is 4.88 Å². The number of carbonyl (C=O) groups is 1. The van der Waals surface area contributed by atoms with Gasteiger partial charge in [-0.3, -0.25) is 4.79 Å². The Bertz CT molecular complexity index is 659. The topological polar surface area (TPSA) is 85.2 Å². The third-order valence-corrected chi connectivity index (χ3v) is 5.33. The maximum atomic E-state index is 12.5. The Morgan fingerprint density at radius 2 is 2.36 bits per heavy atom. The number of nitrogens with two attached hydrogens (primary N) is 1. The van der Waals surface area contributed by atoms with Gasteiger partial charge in [-0.1, -0.05) is 11.2 Å². The molecule has 0 spiro atoms.